The van der Waals surface area contributed by atoms with Gasteiger partial charge in [-0.15, -0.1) is 0 Å². The molecule has 1 saturated heterocycles. The van der Waals surface area contributed by atoms with E-state index in [9.17, 15) is 18.0 Å². The highest BCUT2D eigenvalue weighted by molar-refractivity contribution is 7.92. The molecule has 0 spiro atoms. The van der Waals surface area contributed by atoms with Gasteiger partial charge in [-0.2, -0.15) is 0 Å². The predicted octanol–water partition coefficient (Wildman–Crippen LogP) is 1.27. The van der Waals surface area contributed by atoms with Crippen LogP contribution in [0.2, 0.25) is 0 Å². The molecule has 1 aromatic carbocycles. The van der Waals surface area contributed by atoms with Gasteiger partial charge in [-0.25, -0.2) is 8.42 Å². The fourth-order valence-corrected chi connectivity index (χ4v) is 3.77. The van der Waals surface area contributed by atoms with Crippen LogP contribution in [0.1, 0.15) is 32.3 Å². The van der Waals surface area contributed by atoms with Crippen molar-refractivity contribution in [2.75, 3.05) is 43.3 Å². The second-order valence-electron chi connectivity index (χ2n) is 6.90. The summed E-state index contributed by atoms with van der Waals surface area (Å²) in [6, 6.07) is 7.23. The molecule has 0 saturated carbocycles. The van der Waals surface area contributed by atoms with Crippen molar-refractivity contribution in [1.82, 2.24) is 9.80 Å². The van der Waals surface area contributed by atoms with Gasteiger partial charge in [0.25, 0.3) is 0 Å². The fraction of sp³-hybridized carbons (Fsp3) is 0.556. The zero-order chi connectivity index (χ0) is 19.5. The van der Waals surface area contributed by atoms with Gasteiger partial charge in [0.15, 0.2) is 0 Å². The summed E-state index contributed by atoms with van der Waals surface area (Å²) in [4.78, 5) is 27.3. The molecule has 0 aliphatic carbocycles. The Morgan fingerprint density at radius 2 is 1.54 bits per heavy atom. The van der Waals surface area contributed by atoms with Crippen LogP contribution in [0.3, 0.4) is 0 Å². The number of amides is 2. The Balaban J connectivity index is 2.11. The van der Waals surface area contributed by atoms with Crippen LogP contribution in [-0.4, -0.2) is 69.0 Å². The van der Waals surface area contributed by atoms with Gasteiger partial charge in [-0.3, -0.25) is 13.9 Å². The number of carbonyl (C=O) groups is 2. The Kier molecular flexibility index (Phi) is 6.28. The quantitative estimate of drug-likeness (QED) is 0.769. The molecule has 1 aliphatic heterocycles. The van der Waals surface area contributed by atoms with Crippen molar-refractivity contribution in [3.05, 3.63) is 29.8 Å². The molecule has 7 nitrogen and oxygen atoms in total. The first-order valence-corrected chi connectivity index (χ1v) is 10.6. The van der Waals surface area contributed by atoms with Crippen molar-refractivity contribution in [2.45, 2.75) is 26.7 Å². The third-order valence-electron chi connectivity index (χ3n) is 4.60. The van der Waals surface area contributed by atoms with Gasteiger partial charge in [-0.1, -0.05) is 26.0 Å². The van der Waals surface area contributed by atoms with Crippen molar-refractivity contribution in [3.8, 4) is 0 Å². The van der Waals surface area contributed by atoms with Crippen molar-refractivity contribution >= 4 is 27.5 Å². The molecule has 0 aromatic heterocycles. The van der Waals surface area contributed by atoms with Gasteiger partial charge in [0, 0.05) is 33.1 Å². The van der Waals surface area contributed by atoms with Crippen LogP contribution in [0.4, 0.5) is 5.69 Å². The molecule has 0 unspecified atom stereocenters. The summed E-state index contributed by atoms with van der Waals surface area (Å²) in [5, 5.41) is 0. The van der Waals surface area contributed by atoms with Gasteiger partial charge in [0.1, 0.15) is 6.54 Å². The Hall–Kier alpha value is -2.09. The molecule has 1 aromatic rings. The van der Waals surface area contributed by atoms with Crippen LogP contribution in [0.15, 0.2) is 24.3 Å². The van der Waals surface area contributed by atoms with Gasteiger partial charge < -0.3 is 9.80 Å². The van der Waals surface area contributed by atoms with Crippen molar-refractivity contribution < 1.29 is 18.0 Å². The van der Waals surface area contributed by atoms with Crippen LogP contribution < -0.4 is 4.31 Å². The van der Waals surface area contributed by atoms with Gasteiger partial charge in [-0.05, 0) is 23.6 Å². The van der Waals surface area contributed by atoms with Crippen molar-refractivity contribution in [2.24, 2.45) is 0 Å². The number of anilines is 1. The van der Waals surface area contributed by atoms with E-state index in [1.54, 1.807) is 21.9 Å². The molecular formula is C18H27N3O4S. The Morgan fingerprint density at radius 3 is 1.96 bits per heavy atom. The highest BCUT2D eigenvalue weighted by Crippen LogP contribution is 2.22. The van der Waals surface area contributed by atoms with Crippen LogP contribution in [0.25, 0.3) is 0 Å². The maximum absolute atomic E-state index is 12.6. The van der Waals surface area contributed by atoms with E-state index in [2.05, 4.69) is 13.8 Å². The summed E-state index contributed by atoms with van der Waals surface area (Å²) in [7, 11) is -3.59. The van der Waals surface area contributed by atoms with E-state index in [4.69, 9.17) is 0 Å². The Labute approximate surface area is 155 Å². The minimum atomic E-state index is -3.59. The number of nitrogens with zero attached hydrogens (tertiary/aromatic N) is 3. The Bertz CT molecular complexity index is 751. The smallest absolute Gasteiger partial charge is 0.243 e. The summed E-state index contributed by atoms with van der Waals surface area (Å²) in [6.45, 7) is 7.18. The number of hydrogen-bond donors (Lipinski definition) is 0. The first kappa shape index (κ1) is 20.2. The van der Waals surface area contributed by atoms with Crippen molar-refractivity contribution in [1.29, 1.82) is 0 Å². The summed E-state index contributed by atoms with van der Waals surface area (Å²) in [6.07, 6.45) is 1.10. The molecule has 144 valence electrons. The van der Waals surface area contributed by atoms with E-state index in [0.29, 0.717) is 37.8 Å². The third kappa shape index (κ3) is 4.97. The second-order valence-corrected chi connectivity index (χ2v) is 8.81. The molecule has 0 bridgehead atoms. The number of sulfonamides is 1. The molecule has 0 N–H and O–H groups in total. The lowest BCUT2D eigenvalue weighted by Crippen LogP contribution is -2.52. The first-order valence-electron chi connectivity index (χ1n) is 8.70. The monoisotopic (exact) mass is 381 g/mol. The SMILES string of the molecule is CC(=O)N1CCN(C(=O)CN(c2ccc(C(C)C)cc2)S(C)(=O)=O)CC1. The number of hydrogen-bond acceptors (Lipinski definition) is 4. The summed E-state index contributed by atoms with van der Waals surface area (Å²) in [5.41, 5.74) is 1.58. The molecule has 26 heavy (non-hydrogen) atoms. The molecule has 0 radical (unpaired) electrons. The number of piperazine rings is 1. The topological polar surface area (TPSA) is 78.0 Å². The normalized spacial score (nSPS) is 15.3. The van der Waals surface area contributed by atoms with Gasteiger partial charge in [0.05, 0.1) is 11.9 Å². The van der Waals surface area contributed by atoms with Crippen molar-refractivity contribution in [3.63, 3.8) is 0 Å². The number of benzene rings is 1. The highest BCUT2D eigenvalue weighted by Gasteiger charge is 2.27. The average Bonchev–Trinajstić information content (AvgIpc) is 2.58. The standard InChI is InChI=1S/C18H27N3O4S/c1-14(2)16-5-7-17(8-6-16)21(26(4,24)25)13-18(23)20-11-9-19(10-12-20)15(3)22/h5-8,14H,9-13H2,1-4H3. The molecule has 0 atom stereocenters. The summed E-state index contributed by atoms with van der Waals surface area (Å²) >= 11 is 0. The number of rotatable bonds is 5. The second kappa shape index (κ2) is 8.07. The molecule has 8 heteroatoms. The van der Waals surface area contributed by atoms with E-state index in [-0.39, 0.29) is 18.4 Å². The third-order valence-corrected chi connectivity index (χ3v) is 5.75. The molecule has 1 heterocycles. The maximum Gasteiger partial charge on any atom is 0.243 e. The molecule has 2 amide bonds. The largest absolute Gasteiger partial charge is 0.339 e. The zero-order valence-electron chi connectivity index (χ0n) is 15.8. The van der Waals surface area contributed by atoms with E-state index < -0.39 is 10.0 Å². The summed E-state index contributed by atoms with van der Waals surface area (Å²) < 4.78 is 25.6. The maximum atomic E-state index is 12.6. The van der Waals surface area contributed by atoms with E-state index >= 15 is 0 Å². The van der Waals surface area contributed by atoms with Crippen LogP contribution in [0, 0.1) is 0 Å². The molecule has 2 rings (SSSR count). The molecular weight excluding hydrogens is 354 g/mol. The Morgan fingerprint density at radius 1 is 1.04 bits per heavy atom. The van der Waals surface area contributed by atoms with E-state index in [1.165, 1.54) is 6.92 Å². The minimum Gasteiger partial charge on any atom is -0.339 e. The first-order chi connectivity index (χ1) is 12.1. The minimum absolute atomic E-state index is 0.0138. The van der Waals surface area contributed by atoms with Gasteiger partial charge in [0.2, 0.25) is 21.8 Å². The lowest BCUT2D eigenvalue weighted by molar-refractivity contribution is -0.137. The zero-order valence-corrected chi connectivity index (χ0v) is 16.6. The average molecular weight is 381 g/mol. The summed E-state index contributed by atoms with van der Waals surface area (Å²) in [5.74, 6) is 0.0709. The lowest BCUT2D eigenvalue weighted by Gasteiger charge is -2.35. The van der Waals surface area contributed by atoms with Crippen LogP contribution in [0.5, 0.6) is 0 Å². The predicted molar refractivity (Wildman–Crippen MR) is 102 cm³/mol. The number of carbonyl (C=O) groups excluding carboxylic acids is 2. The molecule has 1 aliphatic rings. The molecule has 1 fully saturated rings. The van der Waals surface area contributed by atoms with Crippen LogP contribution in [-0.2, 0) is 19.6 Å². The highest BCUT2D eigenvalue weighted by atomic mass is 32.2. The van der Waals surface area contributed by atoms with E-state index in [1.807, 2.05) is 12.1 Å². The van der Waals surface area contributed by atoms with E-state index in [0.717, 1.165) is 16.1 Å². The van der Waals surface area contributed by atoms with Gasteiger partial charge >= 0.3 is 0 Å². The van der Waals surface area contributed by atoms with Crippen LogP contribution >= 0.6 is 0 Å². The fourth-order valence-electron chi connectivity index (χ4n) is 2.92. The lowest BCUT2D eigenvalue weighted by atomic mass is 10.0.